The number of carbonyl (C=O) groups excluding carboxylic acids is 1. The third-order valence-corrected chi connectivity index (χ3v) is 3.61. The first kappa shape index (κ1) is 13.9. The van der Waals surface area contributed by atoms with Gasteiger partial charge in [0, 0.05) is 24.0 Å². The fourth-order valence-corrected chi connectivity index (χ4v) is 2.99. The lowest BCUT2D eigenvalue weighted by atomic mass is 10.1. The van der Waals surface area contributed by atoms with Gasteiger partial charge in [0.25, 0.3) is 0 Å². The molecule has 1 aromatic rings. The minimum Gasteiger partial charge on any atom is -0.481 e. The third-order valence-electron chi connectivity index (χ3n) is 3.00. The summed E-state index contributed by atoms with van der Waals surface area (Å²) in [6.07, 6.45) is 0.410. The van der Waals surface area contributed by atoms with Crippen LogP contribution in [0.5, 0.6) is 0 Å². The van der Waals surface area contributed by atoms with Crippen LogP contribution in [0.4, 0.5) is 11.4 Å². The Hall–Kier alpha value is -1.56. The number of aliphatic carboxylic acids is 1. The van der Waals surface area contributed by atoms with Crippen LogP contribution in [0.15, 0.2) is 16.6 Å². The Balaban J connectivity index is 2.38. The number of fused-ring (bicyclic) bond motifs is 1. The van der Waals surface area contributed by atoms with Gasteiger partial charge in [-0.2, -0.15) is 0 Å². The minimum atomic E-state index is -0.840. The lowest BCUT2D eigenvalue weighted by Gasteiger charge is -2.25. The number of nitrogens with one attached hydrogen (secondary N) is 1. The fourth-order valence-electron chi connectivity index (χ4n) is 2.17. The lowest BCUT2D eigenvalue weighted by molar-refractivity contribution is -0.136. The molecule has 0 bridgehead atoms. The van der Waals surface area contributed by atoms with Gasteiger partial charge in [-0.05, 0) is 40.5 Å². The highest BCUT2D eigenvalue weighted by Gasteiger charge is 2.22. The number of amides is 1. The Bertz CT molecular complexity index is 531. The summed E-state index contributed by atoms with van der Waals surface area (Å²) in [6, 6.07) is 3.86. The Labute approximate surface area is 119 Å². The highest BCUT2D eigenvalue weighted by Crippen LogP contribution is 2.37. The monoisotopic (exact) mass is 326 g/mol. The van der Waals surface area contributed by atoms with Crippen LogP contribution < -0.4 is 10.2 Å². The van der Waals surface area contributed by atoms with Crippen molar-refractivity contribution in [1.29, 1.82) is 0 Å². The molecule has 19 heavy (non-hydrogen) atoms. The lowest BCUT2D eigenvalue weighted by Crippen LogP contribution is -2.27. The number of hydrogen-bond acceptors (Lipinski definition) is 3. The van der Waals surface area contributed by atoms with Crippen LogP contribution in [0.1, 0.15) is 18.4 Å². The van der Waals surface area contributed by atoms with Gasteiger partial charge in [-0.1, -0.05) is 0 Å². The largest absolute Gasteiger partial charge is 0.481 e. The Kier molecular flexibility index (Phi) is 4.09. The van der Waals surface area contributed by atoms with Crippen molar-refractivity contribution < 1.29 is 14.7 Å². The number of carboxylic acid groups (broad SMARTS) is 1. The van der Waals surface area contributed by atoms with Crippen LogP contribution in [-0.4, -0.2) is 30.1 Å². The number of anilines is 2. The van der Waals surface area contributed by atoms with Crippen LogP contribution >= 0.6 is 15.9 Å². The molecular weight excluding hydrogens is 312 g/mol. The van der Waals surface area contributed by atoms with Crippen LogP contribution in [0.25, 0.3) is 0 Å². The van der Waals surface area contributed by atoms with E-state index in [0.29, 0.717) is 19.5 Å². The molecule has 6 heteroatoms. The van der Waals surface area contributed by atoms with Crippen molar-refractivity contribution in [2.45, 2.75) is 19.8 Å². The van der Waals surface area contributed by atoms with Crippen molar-refractivity contribution in [2.24, 2.45) is 0 Å². The van der Waals surface area contributed by atoms with E-state index in [2.05, 4.69) is 21.2 Å². The maximum absolute atomic E-state index is 11.7. The molecule has 0 aromatic heterocycles. The number of aryl methyl sites for hydroxylation is 1. The summed E-state index contributed by atoms with van der Waals surface area (Å²) >= 11 is 3.49. The van der Waals surface area contributed by atoms with E-state index in [1.807, 2.05) is 24.0 Å². The van der Waals surface area contributed by atoms with Crippen molar-refractivity contribution in [1.82, 2.24) is 0 Å². The summed E-state index contributed by atoms with van der Waals surface area (Å²) in [5, 5.41) is 11.7. The first-order valence-corrected chi connectivity index (χ1v) is 6.83. The van der Waals surface area contributed by atoms with E-state index in [9.17, 15) is 9.59 Å². The zero-order chi connectivity index (χ0) is 14.0. The first-order chi connectivity index (χ1) is 8.97. The van der Waals surface area contributed by atoms with E-state index in [0.717, 1.165) is 21.4 Å². The van der Waals surface area contributed by atoms with Crippen molar-refractivity contribution in [3.05, 3.63) is 22.2 Å². The number of halogens is 1. The number of nitrogens with zero attached hydrogens (tertiary/aromatic N) is 1. The first-order valence-electron chi connectivity index (χ1n) is 6.04. The average molecular weight is 327 g/mol. The maximum Gasteiger partial charge on any atom is 0.305 e. The molecule has 2 rings (SSSR count). The van der Waals surface area contributed by atoms with Crippen LogP contribution in [0, 0.1) is 6.92 Å². The van der Waals surface area contributed by atoms with Crippen LogP contribution in [0.2, 0.25) is 0 Å². The topological polar surface area (TPSA) is 69.6 Å². The smallest absolute Gasteiger partial charge is 0.305 e. The molecule has 1 amide bonds. The molecule has 0 saturated heterocycles. The summed E-state index contributed by atoms with van der Waals surface area (Å²) < 4.78 is 0.870. The molecule has 5 nitrogen and oxygen atoms in total. The highest BCUT2D eigenvalue weighted by molar-refractivity contribution is 9.10. The molecule has 0 aliphatic carbocycles. The molecule has 1 aromatic carbocycles. The van der Waals surface area contributed by atoms with E-state index in [1.54, 1.807) is 0 Å². The molecule has 0 spiro atoms. The van der Waals surface area contributed by atoms with E-state index in [1.165, 1.54) is 0 Å². The van der Waals surface area contributed by atoms with Gasteiger partial charge in [0.15, 0.2) is 0 Å². The molecule has 2 N–H and O–H groups in total. The van der Waals surface area contributed by atoms with Crippen molar-refractivity contribution >= 4 is 39.2 Å². The predicted molar refractivity (Wildman–Crippen MR) is 76.6 cm³/mol. The molecule has 102 valence electrons. The molecule has 1 aliphatic rings. The molecule has 1 heterocycles. The number of benzene rings is 1. The van der Waals surface area contributed by atoms with E-state index < -0.39 is 5.97 Å². The minimum absolute atomic E-state index is 0.0448. The molecule has 1 aliphatic heterocycles. The molecule has 0 unspecified atom stereocenters. The van der Waals surface area contributed by atoms with Gasteiger partial charge >= 0.3 is 5.97 Å². The molecule has 0 saturated carbocycles. The van der Waals surface area contributed by atoms with Gasteiger partial charge in [0.05, 0.1) is 17.8 Å². The Morgan fingerprint density at radius 2 is 2.26 bits per heavy atom. The zero-order valence-corrected chi connectivity index (χ0v) is 12.2. The number of carbonyl (C=O) groups is 2. The molecule has 0 atom stereocenters. The van der Waals surface area contributed by atoms with E-state index in [4.69, 9.17) is 5.11 Å². The summed E-state index contributed by atoms with van der Waals surface area (Å²) in [6.45, 7) is 2.86. The highest BCUT2D eigenvalue weighted by atomic mass is 79.9. The van der Waals surface area contributed by atoms with Crippen molar-refractivity contribution in [2.75, 3.05) is 23.3 Å². The average Bonchev–Trinajstić information content (AvgIpc) is 2.45. The van der Waals surface area contributed by atoms with Crippen molar-refractivity contribution in [3.63, 3.8) is 0 Å². The quantitative estimate of drug-likeness (QED) is 0.894. The number of carboxylic acids is 1. The number of hydrogen-bond donors (Lipinski definition) is 2. The standard InChI is InChI=1S/C13H15BrN2O3/c1-8-6-9(14)13-10(7-8)15-11(17)2-4-16(13)5-3-12(18)19/h6-7H,2-5H2,1H3,(H,15,17)(H,18,19). The number of rotatable bonds is 3. The molecule has 0 radical (unpaired) electrons. The fraction of sp³-hybridized carbons (Fsp3) is 0.385. The van der Waals surface area contributed by atoms with E-state index >= 15 is 0 Å². The van der Waals surface area contributed by atoms with Gasteiger partial charge in [-0.15, -0.1) is 0 Å². The van der Waals surface area contributed by atoms with Crippen molar-refractivity contribution in [3.8, 4) is 0 Å². The Morgan fingerprint density at radius 3 is 2.95 bits per heavy atom. The molecule has 0 fully saturated rings. The van der Waals surface area contributed by atoms with Gasteiger partial charge < -0.3 is 15.3 Å². The molecular formula is C13H15BrN2O3. The zero-order valence-electron chi connectivity index (χ0n) is 10.6. The van der Waals surface area contributed by atoms with Crippen LogP contribution in [-0.2, 0) is 9.59 Å². The summed E-state index contributed by atoms with van der Waals surface area (Å²) in [7, 11) is 0. The summed E-state index contributed by atoms with van der Waals surface area (Å²) in [5.41, 5.74) is 2.63. The second-order valence-electron chi connectivity index (χ2n) is 4.57. The predicted octanol–water partition coefficient (Wildman–Crippen LogP) is 2.38. The maximum atomic E-state index is 11.7. The summed E-state index contributed by atoms with van der Waals surface area (Å²) in [5.74, 6) is -0.884. The van der Waals surface area contributed by atoms with E-state index in [-0.39, 0.29) is 12.3 Å². The third kappa shape index (κ3) is 3.26. The Morgan fingerprint density at radius 1 is 1.53 bits per heavy atom. The SMILES string of the molecule is Cc1cc(Br)c2c(c1)NC(=O)CCN2CCC(=O)O. The van der Waals surface area contributed by atoms with Gasteiger partial charge in [-0.25, -0.2) is 0 Å². The van der Waals surface area contributed by atoms with Gasteiger partial charge in [0.2, 0.25) is 5.91 Å². The van der Waals surface area contributed by atoms with Gasteiger partial charge in [0.1, 0.15) is 0 Å². The second kappa shape index (κ2) is 5.61. The normalized spacial score (nSPS) is 14.6. The van der Waals surface area contributed by atoms with Gasteiger partial charge in [-0.3, -0.25) is 9.59 Å². The van der Waals surface area contributed by atoms with Crippen LogP contribution in [0.3, 0.4) is 0 Å². The summed E-state index contributed by atoms with van der Waals surface area (Å²) in [4.78, 5) is 24.3. The second-order valence-corrected chi connectivity index (χ2v) is 5.43.